The third-order valence-corrected chi connectivity index (χ3v) is 6.29. The molecule has 5 nitrogen and oxygen atoms in total. The SMILES string of the molecule is COc1cc([C@@H]2[C@@H](c3ccccn3)N=C3S[C@@H](C)CN32)c(Br)cc1O. The highest BCUT2D eigenvalue weighted by atomic mass is 79.9. The predicted molar refractivity (Wildman–Crippen MR) is 103 cm³/mol. The molecule has 0 bridgehead atoms. The average molecular weight is 420 g/mol. The van der Waals surface area contributed by atoms with E-state index in [9.17, 15) is 5.11 Å². The molecule has 1 saturated heterocycles. The molecule has 2 aliphatic rings. The fourth-order valence-electron chi connectivity index (χ4n) is 3.40. The van der Waals surface area contributed by atoms with Gasteiger partial charge in [-0.15, -0.1) is 0 Å². The smallest absolute Gasteiger partial charge is 0.160 e. The van der Waals surface area contributed by atoms with Gasteiger partial charge in [0.25, 0.3) is 0 Å². The van der Waals surface area contributed by atoms with Gasteiger partial charge in [0.1, 0.15) is 6.04 Å². The number of phenols is 1. The number of ether oxygens (including phenoxy) is 1. The van der Waals surface area contributed by atoms with Gasteiger partial charge in [0.2, 0.25) is 0 Å². The van der Waals surface area contributed by atoms with Crippen molar-refractivity contribution in [1.82, 2.24) is 9.88 Å². The van der Waals surface area contributed by atoms with Crippen LogP contribution >= 0.6 is 27.7 Å². The van der Waals surface area contributed by atoms with Gasteiger partial charge < -0.3 is 14.7 Å². The lowest BCUT2D eigenvalue weighted by Crippen LogP contribution is -2.28. The Labute approximate surface area is 159 Å². The number of hydrogen-bond acceptors (Lipinski definition) is 6. The minimum absolute atomic E-state index is 0.0197. The number of rotatable bonds is 3. The van der Waals surface area contributed by atoms with E-state index in [0.29, 0.717) is 11.0 Å². The number of thioether (sulfide) groups is 1. The Kier molecular flexibility index (Phi) is 4.37. The van der Waals surface area contributed by atoms with Crippen LogP contribution in [0.5, 0.6) is 11.5 Å². The molecule has 7 heteroatoms. The third kappa shape index (κ3) is 2.89. The van der Waals surface area contributed by atoms with Crippen LogP contribution < -0.4 is 4.74 Å². The van der Waals surface area contributed by atoms with Crippen molar-refractivity contribution in [2.45, 2.75) is 24.3 Å². The minimum atomic E-state index is -0.0817. The van der Waals surface area contributed by atoms with Crippen molar-refractivity contribution in [2.75, 3.05) is 13.7 Å². The number of fused-ring (bicyclic) bond motifs is 1. The van der Waals surface area contributed by atoms with Gasteiger partial charge in [-0.1, -0.05) is 40.7 Å². The molecule has 0 radical (unpaired) electrons. The molecule has 0 amide bonds. The molecule has 2 aromatic rings. The molecular weight excluding hydrogens is 402 g/mol. The number of hydrogen-bond donors (Lipinski definition) is 1. The van der Waals surface area contributed by atoms with Crippen molar-refractivity contribution in [3.63, 3.8) is 0 Å². The first-order chi connectivity index (χ1) is 12.1. The van der Waals surface area contributed by atoms with Gasteiger partial charge >= 0.3 is 0 Å². The molecule has 0 spiro atoms. The van der Waals surface area contributed by atoms with Gasteiger partial charge in [-0.2, -0.15) is 0 Å². The van der Waals surface area contributed by atoms with Crippen LogP contribution in [0.15, 0.2) is 46.0 Å². The van der Waals surface area contributed by atoms with E-state index in [0.717, 1.165) is 27.4 Å². The molecule has 1 N–H and O–H groups in total. The molecule has 0 saturated carbocycles. The van der Waals surface area contributed by atoms with E-state index in [2.05, 4.69) is 32.7 Å². The number of nitrogens with zero attached hydrogens (tertiary/aromatic N) is 3. The summed E-state index contributed by atoms with van der Waals surface area (Å²) >= 11 is 5.42. The number of methoxy groups -OCH3 is 1. The van der Waals surface area contributed by atoms with Crippen molar-refractivity contribution < 1.29 is 9.84 Å². The Hall–Kier alpha value is -1.73. The van der Waals surface area contributed by atoms with Gasteiger partial charge in [0.05, 0.1) is 18.8 Å². The van der Waals surface area contributed by atoms with Crippen molar-refractivity contribution in [1.29, 1.82) is 0 Å². The summed E-state index contributed by atoms with van der Waals surface area (Å²) in [7, 11) is 1.56. The molecule has 4 rings (SSSR count). The van der Waals surface area contributed by atoms with Crippen LogP contribution in [0.1, 0.15) is 30.3 Å². The van der Waals surface area contributed by atoms with E-state index >= 15 is 0 Å². The Morgan fingerprint density at radius 2 is 2.20 bits per heavy atom. The van der Waals surface area contributed by atoms with E-state index in [-0.39, 0.29) is 17.8 Å². The van der Waals surface area contributed by atoms with Gasteiger partial charge in [-0.05, 0) is 29.8 Å². The van der Waals surface area contributed by atoms with E-state index in [4.69, 9.17) is 9.73 Å². The second-order valence-corrected chi connectivity index (χ2v) is 8.44. The summed E-state index contributed by atoms with van der Waals surface area (Å²) < 4.78 is 6.17. The zero-order valence-electron chi connectivity index (χ0n) is 13.9. The first kappa shape index (κ1) is 16.7. The number of phenolic OH excluding ortho intramolecular Hbond substituents is 1. The lowest BCUT2D eigenvalue weighted by Gasteiger charge is -2.28. The maximum atomic E-state index is 10.1. The molecule has 1 aromatic heterocycles. The fourth-order valence-corrected chi connectivity index (χ4v) is 5.06. The maximum absolute atomic E-state index is 10.1. The first-order valence-corrected chi connectivity index (χ1v) is 9.74. The summed E-state index contributed by atoms with van der Waals surface area (Å²) in [5, 5.41) is 11.6. The molecular formula is C18H18BrN3O2S. The maximum Gasteiger partial charge on any atom is 0.160 e. The van der Waals surface area contributed by atoms with Crippen LogP contribution in [0.4, 0.5) is 0 Å². The molecule has 1 aromatic carbocycles. The molecule has 1 fully saturated rings. The fraction of sp³-hybridized carbons (Fsp3) is 0.333. The van der Waals surface area contributed by atoms with Gasteiger partial charge in [-0.3, -0.25) is 9.98 Å². The van der Waals surface area contributed by atoms with Crippen molar-refractivity contribution in [3.05, 3.63) is 52.3 Å². The quantitative estimate of drug-likeness (QED) is 0.809. The highest BCUT2D eigenvalue weighted by molar-refractivity contribution is 9.10. The first-order valence-electron chi connectivity index (χ1n) is 8.07. The number of aromatic hydroxyl groups is 1. The lowest BCUT2D eigenvalue weighted by molar-refractivity contribution is 0.317. The summed E-state index contributed by atoms with van der Waals surface area (Å²) in [6.45, 7) is 3.15. The minimum Gasteiger partial charge on any atom is -0.504 e. The number of halogens is 1. The van der Waals surface area contributed by atoms with Crippen LogP contribution in [0, 0.1) is 0 Å². The van der Waals surface area contributed by atoms with E-state index in [1.807, 2.05) is 24.3 Å². The summed E-state index contributed by atoms with van der Waals surface area (Å²) in [5.41, 5.74) is 1.99. The average Bonchev–Trinajstić information content (AvgIpc) is 3.12. The number of benzene rings is 1. The zero-order valence-corrected chi connectivity index (χ0v) is 16.3. The summed E-state index contributed by atoms with van der Waals surface area (Å²) in [4.78, 5) is 11.8. The highest BCUT2D eigenvalue weighted by Crippen LogP contribution is 2.50. The van der Waals surface area contributed by atoms with E-state index in [1.165, 1.54) is 0 Å². The predicted octanol–water partition coefficient (Wildman–Crippen LogP) is 4.15. The Morgan fingerprint density at radius 1 is 1.36 bits per heavy atom. The monoisotopic (exact) mass is 419 g/mol. The standard InChI is InChI=1S/C18H18BrN3O2S/c1-10-9-22-17(11-7-15(24-2)14(23)8-12(11)19)16(21-18(22)25-10)13-5-3-4-6-20-13/h3-8,10,16-17,23H,9H2,1-2H3/t10-,16+,17+/m0/s1. The van der Waals surface area contributed by atoms with E-state index < -0.39 is 0 Å². The molecule has 130 valence electrons. The third-order valence-electron chi connectivity index (χ3n) is 4.50. The van der Waals surface area contributed by atoms with Crippen molar-refractivity contribution in [2.24, 2.45) is 4.99 Å². The Morgan fingerprint density at radius 3 is 2.92 bits per heavy atom. The molecule has 0 aliphatic carbocycles. The molecule has 0 unspecified atom stereocenters. The highest BCUT2D eigenvalue weighted by Gasteiger charge is 2.44. The molecule has 2 aliphatic heterocycles. The topological polar surface area (TPSA) is 58.0 Å². The van der Waals surface area contributed by atoms with E-state index in [1.54, 1.807) is 31.1 Å². The molecule has 3 heterocycles. The second-order valence-electron chi connectivity index (χ2n) is 6.18. The molecule has 25 heavy (non-hydrogen) atoms. The number of amidine groups is 1. The summed E-state index contributed by atoms with van der Waals surface area (Å²) in [6.07, 6.45) is 1.80. The van der Waals surface area contributed by atoms with Crippen LogP contribution in [0.25, 0.3) is 0 Å². The Bertz CT molecular complexity index is 831. The number of pyridine rings is 1. The zero-order chi connectivity index (χ0) is 17.6. The van der Waals surface area contributed by atoms with Crippen LogP contribution in [0.3, 0.4) is 0 Å². The van der Waals surface area contributed by atoms with Gasteiger partial charge in [-0.25, -0.2) is 0 Å². The Balaban J connectivity index is 1.83. The summed E-state index contributed by atoms with van der Waals surface area (Å²) in [5.74, 6) is 0.585. The van der Waals surface area contributed by atoms with Gasteiger partial charge in [0, 0.05) is 22.5 Å². The van der Waals surface area contributed by atoms with Crippen LogP contribution in [-0.2, 0) is 0 Å². The van der Waals surface area contributed by atoms with Gasteiger partial charge in [0.15, 0.2) is 16.7 Å². The number of aromatic nitrogens is 1. The molecule has 3 atom stereocenters. The largest absolute Gasteiger partial charge is 0.504 e. The van der Waals surface area contributed by atoms with Crippen LogP contribution in [-0.4, -0.2) is 39.1 Å². The van der Waals surface area contributed by atoms with Crippen molar-refractivity contribution >= 4 is 32.9 Å². The summed E-state index contributed by atoms with van der Waals surface area (Å²) in [6, 6.07) is 9.45. The lowest BCUT2D eigenvalue weighted by atomic mass is 9.96. The normalized spacial score (nSPS) is 25.0. The van der Waals surface area contributed by atoms with Crippen molar-refractivity contribution in [3.8, 4) is 11.5 Å². The number of aliphatic imine (C=N–C) groups is 1. The van der Waals surface area contributed by atoms with Crippen LogP contribution in [0.2, 0.25) is 0 Å². The second kappa shape index (κ2) is 6.53.